The highest BCUT2D eigenvalue weighted by Crippen LogP contribution is 2.42. The van der Waals surface area contributed by atoms with Gasteiger partial charge in [-0.3, -0.25) is 0 Å². The van der Waals surface area contributed by atoms with Crippen LogP contribution in [0.4, 0.5) is 0 Å². The zero-order valence-electron chi connectivity index (χ0n) is 11.7. The van der Waals surface area contributed by atoms with E-state index in [2.05, 4.69) is 20.8 Å². The molecule has 0 saturated heterocycles. The lowest BCUT2D eigenvalue weighted by atomic mass is 9.83. The molecule has 18 heavy (non-hydrogen) atoms. The molecule has 0 fully saturated rings. The lowest BCUT2D eigenvalue weighted by molar-refractivity contribution is 0.0339. The van der Waals surface area contributed by atoms with Crippen LogP contribution < -0.4 is 15.2 Å². The second kappa shape index (κ2) is 4.81. The van der Waals surface area contributed by atoms with Gasteiger partial charge in [0.25, 0.3) is 0 Å². The number of fused-ring (bicyclic) bond motifs is 1. The van der Waals surface area contributed by atoms with Crippen LogP contribution >= 0.6 is 0 Å². The van der Waals surface area contributed by atoms with E-state index in [0.29, 0.717) is 5.92 Å². The third-order valence-corrected chi connectivity index (χ3v) is 3.46. The summed E-state index contributed by atoms with van der Waals surface area (Å²) in [5.41, 5.74) is 7.18. The molecule has 0 amide bonds. The average Bonchev–Trinajstić information content (AvgIpc) is 2.26. The van der Waals surface area contributed by atoms with Crippen LogP contribution in [-0.4, -0.2) is 12.7 Å². The summed E-state index contributed by atoms with van der Waals surface area (Å²) in [5, 5.41) is 0. The molecule has 0 aliphatic carbocycles. The lowest BCUT2D eigenvalue weighted by Gasteiger charge is -2.40. The van der Waals surface area contributed by atoms with Gasteiger partial charge in [0.1, 0.15) is 17.1 Å². The van der Waals surface area contributed by atoms with Gasteiger partial charge in [-0.2, -0.15) is 0 Å². The highest BCUT2D eigenvalue weighted by Gasteiger charge is 2.36. The number of rotatable bonds is 3. The summed E-state index contributed by atoms with van der Waals surface area (Å²) in [6, 6.07) is 5.89. The van der Waals surface area contributed by atoms with Crippen molar-refractivity contribution in [3.8, 4) is 11.5 Å². The van der Waals surface area contributed by atoms with Crippen LogP contribution in [0.3, 0.4) is 0 Å². The van der Waals surface area contributed by atoms with E-state index >= 15 is 0 Å². The molecule has 2 rings (SSSR count). The van der Waals surface area contributed by atoms with Crippen molar-refractivity contribution in [3.63, 3.8) is 0 Å². The third-order valence-electron chi connectivity index (χ3n) is 3.46. The molecule has 3 nitrogen and oxygen atoms in total. The lowest BCUT2D eigenvalue weighted by Crippen LogP contribution is -2.41. The molecule has 1 aliphatic heterocycles. The van der Waals surface area contributed by atoms with Crippen molar-refractivity contribution in [1.82, 2.24) is 0 Å². The maximum atomic E-state index is 6.29. The summed E-state index contributed by atoms with van der Waals surface area (Å²) in [4.78, 5) is 0. The first-order valence-electron chi connectivity index (χ1n) is 6.56. The molecule has 1 aromatic rings. The van der Waals surface area contributed by atoms with Crippen LogP contribution in [0.15, 0.2) is 18.2 Å². The fourth-order valence-electron chi connectivity index (χ4n) is 2.91. The van der Waals surface area contributed by atoms with E-state index in [1.54, 1.807) is 7.11 Å². The largest absolute Gasteiger partial charge is 0.497 e. The molecule has 0 spiro atoms. The molecule has 0 radical (unpaired) electrons. The zero-order chi connectivity index (χ0) is 13.3. The SMILES string of the molecule is COc1ccc2c(c1)[C@@H](N)CC(C)(CC(C)C)O2. The van der Waals surface area contributed by atoms with Gasteiger partial charge in [0.05, 0.1) is 7.11 Å². The van der Waals surface area contributed by atoms with Gasteiger partial charge in [0.2, 0.25) is 0 Å². The number of hydrogen-bond acceptors (Lipinski definition) is 3. The van der Waals surface area contributed by atoms with E-state index in [4.69, 9.17) is 15.2 Å². The quantitative estimate of drug-likeness (QED) is 0.894. The van der Waals surface area contributed by atoms with E-state index < -0.39 is 0 Å². The van der Waals surface area contributed by atoms with E-state index in [1.807, 2.05) is 18.2 Å². The Morgan fingerprint density at radius 3 is 2.83 bits per heavy atom. The van der Waals surface area contributed by atoms with Crippen LogP contribution in [0.25, 0.3) is 0 Å². The van der Waals surface area contributed by atoms with Crippen molar-refractivity contribution in [2.45, 2.75) is 45.3 Å². The topological polar surface area (TPSA) is 44.5 Å². The average molecular weight is 249 g/mol. The Morgan fingerprint density at radius 2 is 2.22 bits per heavy atom. The van der Waals surface area contributed by atoms with Gasteiger partial charge in [-0.05, 0) is 37.5 Å². The summed E-state index contributed by atoms with van der Waals surface area (Å²) in [6.45, 7) is 6.58. The second-order valence-corrected chi connectivity index (χ2v) is 5.86. The van der Waals surface area contributed by atoms with Crippen molar-refractivity contribution in [1.29, 1.82) is 0 Å². The van der Waals surface area contributed by atoms with E-state index in [1.165, 1.54) is 0 Å². The van der Waals surface area contributed by atoms with Crippen molar-refractivity contribution >= 4 is 0 Å². The highest BCUT2D eigenvalue weighted by molar-refractivity contribution is 5.44. The van der Waals surface area contributed by atoms with Crippen LogP contribution in [-0.2, 0) is 0 Å². The van der Waals surface area contributed by atoms with Crippen molar-refractivity contribution in [2.75, 3.05) is 7.11 Å². The van der Waals surface area contributed by atoms with E-state index in [-0.39, 0.29) is 11.6 Å². The summed E-state index contributed by atoms with van der Waals surface area (Å²) < 4.78 is 11.4. The molecule has 1 unspecified atom stereocenters. The molecule has 0 saturated carbocycles. The van der Waals surface area contributed by atoms with Gasteiger partial charge in [0, 0.05) is 18.0 Å². The summed E-state index contributed by atoms with van der Waals surface area (Å²) >= 11 is 0. The monoisotopic (exact) mass is 249 g/mol. The van der Waals surface area contributed by atoms with Gasteiger partial charge < -0.3 is 15.2 Å². The first-order chi connectivity index (χ1) is 8.43. The summed E-state index contributed by atoms with van der Waals surface area (Å²) in [5.74, 6) is 2.33. The van der Waals surface area contributed by atoms with E-state index in [9.17, 15) is 0 Å². The Hall–Kier alpha value is -1.22. The Balaban J connectivity index is 2.29. The van der Waals surface area contributed by atoms with Crippen LogP contribution in [0.2, 0.25) is 0 Å². The Bertz CT molecular complexity index is 431. The molecule has 0 bridgehead atoms. The fourth-order valence-corrected chi connectivity index (χ4v) is 2.91. The number of hydrogen-bond donors (Lipinski definition) is 1. The minimum atomic E-state index is -0.158. The number of methoxy groups -OCH3 is 1. The van der Waals surface area contributed by atoms with Crippen molar-refractivity contribution in [2.24, 2.45) is 11.7 Å². The minimum absolute atomic E-state index is 0.0209. The highest BCUT2D eigenvalue weighted by atomic mass is 16.5. The Kier molecular flexibility index (Phi) is 3.53. The second-order valence-electron chi connectivity index (χ2n) is 5.86. The van der Waals surface area contributed by atoms with Crippen molar-refractivity contribution < 1.29 is 9.47 Å². The maximum Gasteiger partial charge on any atom is 0.125 e. The van der Waals surface area contributed by atoms with Crippen LogP contribution in [0.1, 0.15) is 45.2 Å². The summed E-state index contributed by atoms with van der Waals surface area (Å²) in [7, 11) is 1.67. The minimum Gasteiger partial charge on any atom is -0.497 e. The molecule has 1 aromatic carbocycles. The molecular weight excluding hydrogens is 226 g/mol. The Morgan fingerprint density at radius 1 is 1.50 bits per heavy atom. The van der Waals surface area contributed by atoms with Crippen LogP contribution in [0, 0.1) is 5.92 Å². The molecule has 2 atom stereocenters. The Labute approximate surface area is 109 Å². The van der Waals surface area contributed by atoms with Crippen LogP contribution in [0.5, 0.6) is 11.5 Å². The predicted octanol–water partition coefficient (Wildman–Crippen LogP) is 3.28. The molecule has 100 valence electrons. The van der Waals surface area contributed by atoms with Gasteiger partial charge in [-0.25, -0.2) is 0 Å². The molecular formula is C15H23NO2. The molecule has 3 heteroatoms. The normalized spacial score (nSPS) is 26.7. The fraction of sp³-hybridized carbons (Fsp3) is 0.600. The number of ether oxygens (including phenoxy) is 2. The molecule has 2 N–H and O–H groups in total. The van der Waals surface area contributed by atoms with Crippen molar-refractivity contribution in [3.05, 3.63) is 23.8 Å². The molecule has 1 aliphatic rings. The smallest absolute Gasteiger partial charge is 0.125 e. The standard InChI is InChI=1S/C15H23NO2/c1-10(2)8-15(3)9-13(16)12-7-11(17-4)5-6-14(12)18-15/h5-7,10,13H,8-9,16H2,1-4H3/t13-,15?/m0/s1. The maximum absolute atomic E-state index is 6.29. The number of nitrogens with two attached hydrogens (primary N) is 1. The van der Waals surface area contributed by atoms with E-state index in [0.717, 1.165) is 29.9 Å². The van der Waals surface area contributed by atoms with Gasteiger partial charge in [-0.15, -0.1) is 0 Å². The molecule has 1 heterocycles. The van der Waals surface area contributed by atoms with Gasteiger partial charge in [-0.1, -0.05) is 13.8 Å². The number of benzene rings is 1. The summed E-state index contributed by atoms with van der Waals surface area (Å²) in [6.07, 6.45) is 1.87. The zero-order valence-corrected chi connectivity index (χ0v) is 11.7. The predicted molar refractivity (Wildman–Crippen MR) is 73.0 cm³/mol. The molecule has 0 aromatic heterocycles. The van der Waals surface area contributed by atoms with Gasteiger partial charge in [0.15, 0.2) is 0 Å². The van der Waals surface area contributed by atoms with Gasteiger partial charge >= 0.3 is 0 Å². The first kappa shape index (κ1) is 13.2. The third kappa shape index (κ3) is 2.61. The first-order valence-corrected chi connectivity index (χ1v) is 6.56.